The lowest BCUT2D eigenvalue weighted by atomic mass is 9.98. The van der Waals surface area contributed by atoms with Crippen LogP contribution in [0.15, 0.2) is 29.0 Å². The van der Waals surface area contributed by atoms with Gasteiger partial charge < -0.3 is 9.42 Å². The second-order valence-corrected chi connectivity index (χ2v) is 6.25. The maximum atomic E-state index is 12.9. The average Bonchev–Trinajstić information content (AvgIpc) is 3.23. The van der Waals surface area contributed by atoms with Gasteiger partial charge in [0.1, 0.15) is 5.76 Å². The van der Waals surface area contributed by atoms with Gasteiger partial charge in [-0.25, -0.2) is 9.97 Å². The summed E-state index contributed by atoms with van der Waals surface area (Å²) in [4.78, 5) is 23.7. The Bertz CT molecular complexity index is 897. The van der Waals surface area contributed by atoms with Crippen molar-refractivity contribution in [3.8, 4) is 0 Å². The molecule has 3 aromatic heterocycles. The van der Waals surface area contributed by atoms with Gasteiger partial charge in [0.15, 0.2) is 5.69 Å². The van der Waals surface area contributed by atoms with E-state index in [4.69, 9.17) is 4.52 Å². The minimum atomic E-state index is -0.0979. The van der Waals surface area contributed by atoms with Crippen molar-refractivity contribution in [1.82, 2.24) is 24.4 Å². The van der Waals surface area contributed by atoms with Gasteiger partial charge in [0, 0.05) is 30.7 Å². The van der Waals surface area contributed by atoms with Gasteiger partial charge in [-0.1, -0.05) is 5.16 Å². The lowest BCUT2D eigenvalue weighted by molar-refractivity contribution is 0.0595. The fourth-order valence-electron chi connectivity index (χ4n) is 3.35. The summed E-state index contributed by atoms with van der Waals surface area (Å²) in [5.74, 6) is 1.21. The number of piperidine rings is 1. The molecule has 0 bridgehead atoms. The van der Waals surface area contributed by atoms with Crippen molar-refractivity contribution in [2.75, 3.05) is 6.54 Å². The number of aromatic nitrogens is 4. The molecular formula is C17H19N5O2. The molecular weight excluding hydrogens is 306 g/mol. The molecule has 1 saturated heterocycles. The molecule has 0 spiro atoms. The van der Waals surface area contributed by atoms with E-state index in [1.165, 1.54) is 0 Å². The van der Waals surface area contributed by atoms with Crippen LogP contribution >= 0.6 is 0 Å². The van der Waals surface area contributed by atoms with Crippen molar-refractivity contribution in [3.05, 3.63) is 47.4 Å². The van der Waals surface area contributed by atoms with Gasteiger partial charge >= 0.3 is 0 Å². The third-order valence-electron chi connectivity index (χ3n) is 4.54. The number of carbonyl (C=O) groups excluding carboxylic acids is 1. The van der Waals surface area contributed by atoms with Crippen LogP contribution in [0.1, 0.15) is 52.9 Å². The number of amides is 1. The molecule has 1 amide bonds. The maximum Gasteiger partial charge on any atom is 0.276 e. The SMILES string of the molecule is Cc1cc(C(=O)N2CCCC[C@@H]2c2cc(C)n3ccnc3n2)no1. The van der Waals surface area contributed by atoms with E-state index < -0.39 is 0 Å². The number of aryl methyl sites for hydroxylation is 2. The molecule has 0 radical (unpaired) electrons. The van der Waals surface area contributed by atoms with Gasteiger partial charge in [0.2, 0.25) is 5.78 Å². The zero-order valence-corrected chi connectivity index (χ0v) is 13.8. The lowest BCUT2D eigenvalue weighted by Gasteiger charge is -2.35. The largest absolute Gasteiger partial charge is 0.361 e. The summed E-state index contributed by atoms with van der Waals surface area (Å²) in [6.07, 6.45) is 6.59. The Morgan fingerprint density at radius 1 is 1.29 bits per heavy atom. The van der Waals surface area contributed by atoms with Crippen molar-refractivity contribution >= 4 is 11.7 Å². The number of fused-ring (bicyclic) bond motifs is 1. The Labute approximate surface area is 139 Å². The van der Waals surface area contributed by atoms with Gasteiger partial charge in [0.25, 0.3) is 5.91 Å². The Hall–Kier alpha value is -2.70. The molecule has 4 rings (SSSR count). The predicted molar refractivity (Wildman–Crippen MR) is 86.6 cm³/mol. The quantitative estimate of drug-likeness (QED) is 0.724. The number of hydrogen-bond donors (Lipinski definition) is 0. The number of carbonyl (C=O) groups is 1. The standard InChI is InChI=1S/C17H19N5O2/c1-11-9-13(19-17-18-6-8-21(11)17)15-5-3-4-7-22(15)16(23)14-10-12(2)24-20-14/h6,8-10,15H,3-5,7H2,1-2H3/t15-/m1/s1. The van der Waals surface area contributed by atoms with Crippen molar-refractivity contribution in [2.45, 2.75) is 39.2 Å². The number of rotatable bonds is 2. The summed E-state index contributed by atoms with van der Waals surface area (Å²) in [7, 11) is 0. The highest BCUT2D eigenvalue weighted by atomic mass is 16.5. The van der Waals surface area contributed by atoms with E-state index >= 15 is 0 Å². The highest BCUT2D eigenvalue weighted by Gasteiger charge is 2.31. The summed E-state index contributed by atoms with van der Waals surface area (Å²) < 4.78 is 7.00. The second kappa shape index (κ2) is 5.74. The van der Waals surface area contributed by atoms with Crippen LogP contribution in [0.4, 0.5) is 0 Å². The van der Waals surface area contributed by atoms with Gasteiger partial charge in [-0.2, -0.15) is 0 Å². The molecule has 1 atom stereocenters. The third kappa shape index (κ3) is 2.46. The smallest absolute Gasteiger partial charge is 0.276 e. The minimum Gasteiger partial charge on any atom is -0.361 e. The van der Waals surface area contributed by atoms with Crippen molar-refractivity contribution in [3.63, 3.8) is 0 Å². The van der Waals surface area contributed by atoms with Crippen molar-refractivity contribution in [2.24, 2.45) is 0 Å². The number of hydrogen-bond acceptors (Lipinski definition) is 5. The second-order valence-electron chi connectivity index (χ2n) is 6.25. The van der Waals surface area contributed by atoms with Crippen LogP contribution < -0.4 is 0 Å². The summed E-state index contributed by atoms with van der Waals surface area (Å²) >= 11 is 0. The fourth-order valence-corrected chi connectivity index (χ4v) is 3.35. The molecule has 0 unspecified atom stereocenters. The molecule has 1 fully saturated rings. The summed E-state index contributed by atoms with van der Waals surface area (Å²) in [5.41, 5.74) is 2.31. The van der Waals surface area contributed by atoms with Gasteiger partial charge in [-0.15, -0.1) is 0 Å². The van der Waals surface area contributed by atoms with Crippen LogP contribution in [-0.2, 0) is 0 Å². The highest BCUT2D eigenvalue weighted by Crippen LogP contribution is 2.31. The van der Waals surface area contributed by atoms with E-state index in [0.717, 1.165) is 30.7 Å². The average molecular weight is 325 g/mol. The summed E-state index contributed by atoms with van der Waals surface area (Å²) in [5, 5.41) is 3.88. The van der Waals surface area contributed by atoms with Crippen molar-refractivity contribution in [1.29, 1.82) is 0 Å². The van der Waals surface area contributed by atoms with Crippen LogP contribution in [0.2, 0.25) is 0 Å². The van der Waals surface area contributed by atoms with E-state index in [1.54, 1.807) is 19.2 Å². The highest BCUT2D eigenvalue weighted by molar-refractivity contribution is 5.92. The zero-order chi connectivity index (χ0) is 16.7. The first-order valence-electron chi connectivity index (χ1n) is 8.18. The summed E-state index contributed by atoms with van der Waals surface area (Å²) in [6, 6.07) is 3.67. The molecule has 1 aliphatic heterocycles. The van der Waals surface area contributed by atoms with E-state index in [-0.39, 0.29) is 11.9 Å². The molecule has 4 heterocycles. The Kier molecular flexibility index (Phi) is 3.55. The minimum absolute atomic E-state index is 0.0522. The van der Waals surface area contributed by atoms with E-state index in [0.29, 0.717) is 23.8 Å². The van der Waals surface area contributed by atoms with Gasteiger partial charge in [-0.05, 0) is 39.2 Å². The predicted octanol–water partition coefficient (Wildman–Crippen LogP) is 2.70. The number of nitrogens with zero attached hydrogens (tertiary/aromatic N) is 5. The van der Waals surface area contributed by atoms with E-state index in [2.05, 4.69) is 15.1 Å². The Morgan fingerprint density at radius 2 is 2.17 bits per heavy atom. The normalized spacial score (nSPS) is 18.2. The van der Waals surface area contributed by atoms with Crippen LogP contribution in [-0.4, -0.2) is 36.9 Å². The Morgan fingerprint density at radius 3 is 2.96 bits per heavy atom. The molecule has 0 aliphatic carbocycles. The summed E-state index contributed by atoms with van der Waals surface area (Å²) in [6.45, 7) is 4.51. The van der Waals surface area contributed by atoms with Crippen LogP contribution in [0.3, 0.4) is 0 Å². The first-order chi connectivity index (χ1) is 11.6. The molecule has 1 aliphatic rings. The molecule has 7 nitrogen and oxygen atoms in total. The van der Waals surface area contributed by atoms with Crippen LogP contribution in [0.25, 0.3) is 5.78 Å². The fraction of sp³-hybridized carbons (Fsp3) is 0.412. The molecule has 7 heteroatoms. The molecule has 124 valence electrons. The van der Waals surface area contributed by atoms with Crippen LogP contribution in [0, 0.1) is 13.8 Å². The number of likely N-dealkylation sites (tertiary alicyclic amines) is 1. The molecule has 24 heavy (non-hydrogen) atoms. The van der Waals surface area contributed by atoms with Gasteiger partial charge in [-0.3, -0.25) is 9.20 Å². The third-order valence-corrected chi connectivity index (χ3v) is 4.54. The van der Waals surface area contributed by atoms with Crippen molar-refractivity contribution < 1.29 is 9.32 Å². The van der Waals surface area contributed by atoms with E-state index in [9.17, 15) is 4.79 Å². The molecule has 0 N–H and O–H groups in total. The first kappa shape index (κ1) is 14.9. The van der Waals surface area contributed by atoms with Crippen LogP contribution in [0.5, 0.6) is 0 Å². The lowest BCUT2D eigenvalue weighted by Crippen LogP contribution is -2.39. The molecule has 3 aromatic rings. The maximum absolute atomic E-state index is 12.9. The monoisotopic (exact) mass is 325 g/mol. The zero-order valence-electron chi connectivity index (χ0n) is 13.8. The van der Waals surface area contributed by atoms with Gasteiger partial charge in [0.05, 0.1) is 11.7 Å². The Balaban J connectivity index is 1.71. The first-order valence-corrected chi connectivity index (χ1v) is 8.18. The molecule has 0 aromatic carbocycles. The number of imidazole rings is 1. The van der Waals surface area contributed by atoms with E-state index in [1.807, 2.05) is 28.5 Å². The topological polar surface area (TPSA) is 76.5 Å². The molecule has 0 saturated carbocycles.